The molecule has 4 aliphatic heterocycles. The molecule has 0 saturated heterocycles. The summed E-state index contributed by atoms with van der Waals surface area (Å²) in [4.78, 5) is 50.8. The van der Waals surface area contributed by atoms with Gasteiger partial charge in [-0.15, -0.1) is 22.1 Å². The maximum Gasteiger partial charge on any atom is 0.163 e. The molecule has 30 heteroatoms. The molecule has 2 aromatic carbocycles. The average Bonchev–Trinajstić information content (AvgIpc) is 1.64. The molecule has 0 radical (unpaired) electrons. The van der Waals surface area contributed by atoms with Gasteiger partial charge in [0.25, 0.3) is 0 Å². The molecule has 668 valence electrons. The van der Waals surface area contributed by atoms with Gasteiger partial charge in [0.2, 0.25) is 0 Å². The van der Waals surface area contributed by atoms with E-state index in [1.165, 1.54) is 22.3 Å². The number of allylic oxidation sites excluding steroid dienone is 8. The van der Waals surface area contributed by atoms with Crippen LogP contribution in [0.15, 0.2) is 73.3 Å². The van der Waals surface area contributed by atoms with Crippen LogP contribution in [0.2, 0.25) is 0 Å². The van der Waals surface area contributed by atoms with E-state index in [2.05, 4.69) is 52.0 Å². The van der Waals surface area contributed by atoms with Gasteiger partial charge in [0, 0.05) is 159 Å². The number of aliphatic hydroxyl groups excluding tert-OH is 4. The van der Waals surface area contributed by atoms with Gasteiger partial charge in [-0.1, -0.05) is 74.2 Å². The third-order valence-corrected chi connectivity index (χ3v) is 20.6. The summed E-state index contributed by atoms with van der Waals surface area (Å²) in [5.41, 5.74) is 24.6. The zero-order valence-corrected chi connectivity index (χ0v) is 77.6. The van der Waals surface area contributed by atoms with E-state index in [4.69, 9.17) is 116 Å². The number of benzene rings is 2. The summed E-state index contributed by atoms with van der Waals surface area (Å²) in [5.74, 6) is 1.88. The molecule has 4 aliphatic rings. The number of nitrogens with zero attached hydrogens (tertiary/aromatic N) is 10. The molecule has 0 atom stereocenters. The van der Waals surface area contributed by atoms with Crippen molar-refractivity contribution in [1.82, 2.24) is 49.8 Å². The van der Waals surface area contributed by atoms with E-state index in [-0.39, 0.29) is 133 Å². The first kappa shape index (κ1) is 103. The Morgan fingerprint density at radius 1 is 0.270 bits per heavy atom. The van der Waals surface area contributed by atoms with Gasteiger partial charge in [0.1, 0.15) is 26.4 Å². The Hall–Kier alpha value is -6.43. The zero-order valence-electron chi connectivity index (χ0n) is 73.1. The van der Waals surface area contributed by atoms with E-state index in [0.717, 1.165) is 126 Å². The third kappa shape index (κ3) is 29.9. The molecular weight excluding hydrogens is 1850 g/mol. The molecule has 0 fully saturated rings. The Labute approximate surface area is 781 Å². The molecule has 122 heavy (non-hydrogen) atoms. The minimum Gasteiger partial charge on any atom is -0.657 e. The minimum absolute atomic E-state index is 0. The van der Waals surface area contributed by atoms with Crippen molar-refractivity contribution in [2.75, 3.05) is 187 Å². The van der Waals surface area contributed by atoms with Crippen molar-refractivity contribution in [1.29, 1.82) is 0 Å². The van der Waals surface area contributed by atoms with E-state index < -0.39 is 0 Å². The van der Waals surface area contributed by atoms with Gasteiger partial charge in [0.05, 0.1) is 198 Å². The summed E-state index contributed by atoms with van der Waals surface area (Å²) in [5, 5.41) is 39.3. The van der Waals surface area contributed by atoms with Crippen molar-refractivity contribution < 1.29 is 167 Å². The summed E-state index contributed by atoms with van der Waals surface area (Å²) in [6.45, 7) is 25.1. The van der Waals surface area contributed by atoms with Crippen LogP contribution in [-0.4, -0.2) is 247 Å². The fourth-order valence-electron chi connectivity index (χ4n) is 14.2. The number of methoxy groups -OCH3 is 4. The van der Waals surface area contributed by atoms with E-state index in [9.17, 15) is 20.4 Å². The van der Waals surface area contributed by atoms with Crippen LogP contribution in [0, 0.1) is 79.9 Å². The second-order valence-electron chi connectivity index (χ2n) is 28.6. The number of fused-ring (bicyclic) bond motifs is 14. The number of ether oxygens (including phenoxy) is 14. The van der Waals surface area contributed by atoms with Gasteiger partial charge < -0.3 is 96.7 Å². The van der Waals surface area contributed by atoms with Crippen molar-refractivity contribution in [3.8, 4) is 23.0 Å². The molecule has 10 rings (SSSR count). The molecule has 4 aromatic heterocycles. The zero-order chi connectivity index (χ0) is 85.4. The fraction of sp³-hybridized carbons (Fsp3) is 0.522. The molecular formula is C92H124Gd2N10O18-2. The van der Waals surface area contributed by atoms with Crippen molar-refractivity contribution in [2.24, 2.45) is 0 Å². The normalized spacial score (nSPS) is 12.5. The minimum atomic E-state index is 0. The molecule has 6 aromatic rings. The first-order chi connectivity index (χ1) is 58.7. The van der Waals surface area contributed by atoms with Crippen LogP contribution in [0.25, 0.3) is 88.7 Å². The van der Waals surface area contributed by atoms with Gasteiger partial charge in [0.15, 0.2) is 23.0 Å². The Balaban J connectivity index is 0.000000332. The standard InChI is InChI=1S/C48H66N5O10.C44H58N5O8.2Gd/c1-7-35-36(8-2)40-28-42-38(12-10-14-55)34(4)46(53-42)32-50-44-30-48(63-26-24-61-22-20-59-18-16-57-6)47(62-25-23-60-21-19-58-17-15-56-5)29-43(44)49-31-45-33(3)37(11-9-13-54)41(52-45)27-39(35)51-40;1-7-31-32(8-2)36-24-38-34(12-10-14-51)30(4)42(49-38)28-46-40-26-44(57-22-20-55-18-16-53-6)43(56-21-19-54-17-15-52-5)25-39(40)45-27-41-29(3)33(11-9-13-50)37(48-41)23-35(31)47-36;;/h27-32,54-55H,7-26H2,1-6H3;23-28,50-51H,7-22H2,1-6H3;;/q2*-1;;. The predicted octanol–water partition coefficient (Wildman–Crippen LogP) is 13.2. The Kier molecular flexibility index (Phi) is 47.6. The molecule has 0 saturated carbocycles. The largest absolute Gasteiger partial charge is 0.657 e. The molecule has 8 heterocycles. The predicted molar refractivity (Wildman–Crippen MR) is 467 cm³/mol. The first-order valence-electron chi connectivity index (χ1n) is 42.0. The summed E-state index contributed by atoms with van der Waals surface area (Å²) < 4.78 is 79.2. The molecule has 28 nitrogen and oxygen atoms in total. The van der Waals surface area contributed by atoms with E-state index in [1.807, 2.05) is 52.0 Å². The summed E-state index contributed by atoms with van der Waals surface area (Å²) in [6, 6.07) is 15.6. The van der Waals surface area contributed by atoms with Crippen LogP contribution in [0.3, 0.4) is 0 Å². The van der Waals surface area contributed by atoms with Gasteiger partial charge >= 0.3 is 0 Å². The summed E-state index contributed by atoms with van der Waals surface area (Å²) >= 11 is 0. The van der Waals surface area contributed by atoms with Crippen LogP contribution in [0.5, 0.6) is 23.0 Å². The van der Waals surface area contributed by atoms with Crippen molar-refractivity contribution >= 4 is 88.7 Å². The van der Waals surface area contributed by atoms with Crippen molar-refractivity contribution in [3.63, 3.8) is 0 Å². The van der Waals surface area contributed by atoms with E-state index >= 15 is 0 Å². The monoisotopic (exact) mass is 1970 g/mol. The van der Waals surface area contributed by atoms with Crippen molar-refractivity contribution in [3.05, 3.63) is 141 Å². The fourth-order valence-corrected chi connectivity index (χ4v) is 14.2. The molecule has 0 amide bonds. The van der Waals surface area contributed by atoms with Crippen LogP contribution in [0.1, 0.15) is 175 Å². The van der Waals surface area contributed by atoms with E-state index in [0.29, 0.717) is 214 Å². The Bertz CT molecular complexity index is 4590. The summed E-state index contributed by atoms with van der Waals surface area (Å²) in [7, 11) is 6.54. The quantitative estimate of drug-likeness (QED) is 0.0258. The average molecular weight is 1970 g/mol. The number of aryl methyl sites for hydroxylation is 4. The number of aromatic nitrogens is 10. The van der Waals surface area contributed by atoms with Gasteiger partial charge in [-0.2, -0.15) is 0 Å². The molecule has 0 spiro atoms. The first-order valence-corrected chi connectivity index (χ1v) is 42.0. The number of rotatable bonds is 50. The number of hydrogen-bond donors (Lipinski definition) is 4. The molecule has 0 aliphatic carbocycles. The number of hydrogen-bond acceptors (Lipinski definition) is 26. The SMILES string of the molecule is CCc1c(CC)c2cc3nc(cnc4cc(OCCOCCOC)c(OCCOCCOC)cc4ncc4nc(cc1[n-]2)C(CCCO)=C4C)C(C)=C3CCCO.CCc1c(CC)c2cc3nc(cnc4cc(OCCOCCOCCOC)c(OCCOCCOCCOC)cc4ncc4nc(cc1[n-]2)C(CCCO)=C4C)C(C)=C3CCCO.[Gd].[Gd]. The van der Waals surface area contributed by atoms with Gasteiger partial charge in [-0.3, -0.25) is 19.9 Å². The topological polar surface area (TPSA) is 341 Å². The second-order valence-corrected chi connectivity index (χ2v) is 28.6. The Morgan fingerprint density at radius 2 is 0.467 bits per heavy atom. The summed E-state index contributed by atoms with van der Waals surface area (Å²) in [6.07, 6.45) is 15.3. The van der Waals surface area contributed by atoms with Crippen LogP contribution >= 0.6 is 0 Å². The Morgan fingerprint density at radius 3 is 0.656 bits per heavy atom. The molecule has 0 unspecified atom stereocenters. The van der Waals surface area contributed by atoms with Crippen LogP contribution in [0.4, 0.5) is 0 Å². The number of aliphatic hydroxyl groups is 4. The van der Waals surface area contributed by atoms with Crippen molar-refractivity contribution in [2.45, 2.75) is 132 Å². The second kappa shape index (κ2) is 56.6. The third-order valence-electron chi connectivity index (χ3n) is 20.6. The maximum atomic E-state index is 9.85. The molecule has 12 bridgehead atoms. The maximum absolute atomic E-state index is 9.85. The van der Waals surface area contributed by atoms with E-state index in [1.54, 1.807) is 53.2 Å². The van der Waals surface area contributed by atoms with Crippen LogP contribution in [-0.2, 0) is 73.1 Å². The van der Waals surface area contributed by atoms with Crippen LogP contribution < -0.4 is 28.9 Å². The smallest absolute Gasteiger partial charge is 0.163 e. The van der Waals surface area contributed by atoms with Gasteiger partial charge in [-0.05, 0) is 149 Å². The van der Waals surface area contributed by atoms with Gasteiger partial charge in [-0.25, -0.2) is 19.9 Å². The molecule has 4 N–H and O–H groups in total.